The molecule has 20 heavy (non-hydrogen) atoms. The fourth-order valence-corrected chi connectivity index (χ4v) is 4.12. The summed E-state index contributed by atoms with van der Waals surface area (Å²) in [6.07, 6.45) is 1.23. The molecule has 1 unspecified atom stereocenters. The van der Waals surface area contributed by atoms with E-state index in [9.17, 15) is 0 Å². The standard InChI is InChI=1S/C16H23N3S/c1-18-7-4-8-19(10-9-18)15(11-17)14-12-20-16-6-3-2-5-13(14)16/h2-3,5-6,12,15H,4,7-11,17H2,1H3. The van der Waals surface area contributed by atoms with E-state index in [-0.39, 0.29) is 0 Å². The van der Waals surface area contributed by atoms with E-state index in [2.05, 4.69) is 46.5 Å². The third-order valence-corrected chi connectivity index (χ3v) is 5.27. The van der Waals surface area contributed by atoms with Crippen molar-refractivity contribution in [3.63, 3.8) is 0 Å². The molecule has 3 rings (SSSR count). The summed E-state index contributed by atoms with van der Waals surface area (Å²) < 4.78 is 1.37. The summed E-state index contributed by atoms with van der Waals surface area (Å²) in [7, 11) is 2.21. The zero-order chi connectivity index (χ0) is 13.9. The van der Waals surface area contributed by atoms with Crippen LogP contribution in [0.15, 0.2) is 29.6 Å². The van der Waals surface area contributed by atoms with Crippen LogP contribution in [0.25, 0.3) is 10.1 Å². The van der Waals surface area contributed by atoms with Crippen LogP contribution in [0, 0.1) is 0 Å². The first-order chi connectivity index (χ1) is 9.79. The number of thiophene rings is 1. The van der Waals surface area contributed by atoms with Gasteiger partial charge in [0.2, 0.25) is 0 Å². The molecule has 4 heteroatoms. The molecule has 0 bridgehead atoms. The molecule has 1 aliphatic heterocycles. The Balaban J connectivity index is 1.89. The second-order valence-electron chi connectivity index (χ2n) is 5.63. The number of benzene rings is 1. The minimum atomic E-state index is 0.359. The Bertz CT molecular complexity index is 566. The van der Waals surface area contributed by atoms with E-state index in [1.54, 1.807) is 0 Å². The minimum absolute atomic E-state index is 0.359. The molecule has 0 spiro atoms. The molecule has 108 valence electrons. The Labute approximate surface area is 125 Å². The molecule has 1 fully saturated rings. The van der Waals surface area contributed by atoms with E-state index >= 15 is 0 Å². The van der Waals surface area contributed by atoms with Crippen LogP contribution in [-0.4, -0.2) is 49.6 Å². The summed E-state index contributed by atoms with van der Waals surface area (Å²) in [5.41, 5.74) is 7.54. The van der Waals surface area contributed by atoms with E-state index in [1.807, 2.05) is 11.3 Å². The van der Waals surface area contributed by atoms with Crippen molar-refractivity contribution >= 4 is 21.4 Å². The maximum atomic E-state index is 6.12. The number of nitrogens with zero attached hydrogens (tertiary/aromatic N) is 2. The molecule has 1 saturated heterocycles. The van der Waals surface area contributed by atoms with Crippen molar-refractivity contribution in [1.29, 1.82) is 0 Å². The zero-order valence-electron chi connectivity index (χ0n) is 12.1. The van der Waals surface area contributed by atoms with Crippen LogP contribution in [0.5, 0.6) is 0 Å². The third-order valence-electron chi connectivity index (χ3n) is 4.29. The number of likely N-dealkylation sites (N-methyl/N-ethyl adjacent to an activating group) is 1. The van der Waals surface area contributed by atoms with Crippen LogP contribution in [0.1, 0.15) is 18.0 Å². The number of hydrogen-bond donors (Lipinski definition) is 1. The molecule has 1 aromatic heterocycles. The highest BCUT2D eigenvalue weighted by Gasteiger charge is 2.23. The van der Waals surface area contributed by atoms with Gasteiger partial charge in [-0.1, -0.05) is 18.2 Å². The Hall–Kier alpha value is -0.940. The summed E-state index contributed by atoms with van der Waals surface area (Å²) in [4.78, 5) is 4.98. The summed E-state index contributed by atoms with van der Waals surface area (Å²) >= 11 is 1.83. The van der Waals surface area contributed by atoms with Gasteiger partial charge in [0.25, 0.3) is 0 Å². The quantitative estimate of drug-likeness (QED) is 0.942. The fourth-order valence-electron chi connectivity index (χ4n) is 3.11. The molecule has 0 amide bonds. The predicted molar refractivity (Wildman–Crippen MR) is 87.3 cm³/mol. The van der Waals surface area contributed by atoms with E-state index < -0.39 is 0 Å². The van der Waals surface area contributed by atoms with E-state index in [0.29, 0.717) is 12.6 Å². The number of nitrogens with two attached hydrogens (primary N) is 1. The lowest BCUT2D eigenvalue weighted by atomic mass is 10.0. The SMILES string of the molecule is CN1CCCN(C(CN)c2csc3ccccc23)CC1. The molecule has 2 aromatic rings. The van der Waals surface area contributed by atoms with Crippen molar-refractivity contribution in [2.45, 2.75) is 12.5 Å². The van der Waals surface area contributed by atoms with Crippen molar-refractivity contribution in [3.8, 4) is 0 Å². The third kappa shape index (κ3) is 2.74. The minimum Gasteiger partial charge on any atom is -0.329 e. The predicted octanol–water partition coefficient (Wildman–Crippen LogP) is 2.54. The molecule has 1 aromatic carbocycles. The van der Waals surface area contributed by atoms with Crippen molar-refractivity contribution in [1.82, 2.24) is 9.80 Å². The van der Waals surface area contributed by atoms with Gasteiger partial charge in [0.1, 0.15) is 0 Å². The van der Waals surface area contributed by atoms with Crippen LogP contribution in [0.3, 0.4) is 0 Å². The lowest BCUT2D eigenvalue weighted by molar-refractivity contribution is 0.209. The second kappa shape index (κ2) is 6.22. The van der Waals surface area contributed by atoms with E-state index in [1.165, 1.54) is 28.6 Å². The number of fused-ring (bicyclic) bond motifs is 1. The monoisotopic (exact) mass is 289 g/mol. The number of rotatable bonds is 3. The van der Waals surface area contributed by atoms with Gasteiger partial charge >= 0.3 is 0 Å². The first-order valence-electron chi connectivity index (χ1n) is 7.38. The van der Waals surface area contributed by atoms with Gasteiger partial charge < -0.3 is 10.6 Å². The molecule has 3 nitrogen and oxygen atoms in total. The molecular weight excluding hydrogens is 266 g/mol. The van der Waals surface area contributed by atoms with Gasteiger partial charge in [0.05, 0.1) is 0 Å². The first kappa shape index (κ1) is 14.0. The summed E-state index contributed by atoms with van der Waals surface area (Å²) in [6.45, 7) is 5.29. The van der Waals surface area contributed by atoms with Gasteiger partial charge in [0, 0.05) is 36.9 Å². The smallest absolute Gasteiger partial charge is 0.0485 e. The lowest BCUT2D eigenvalue weighted by Crippen LogP contribution is -2.36. The maximum Gasteiger partial charge on any atom is 0.0485 e. The second-order valence-corrected chi connectivity index (χ2v) is 6.54. The van der Waals surface area contributed by atoms with Crippen LogP contribution in [0.4, 0.5) is 0 Å². The summed E-state index contributed by atoms with van der Waals surface area (Å²) in [5, 5.41) is 3.68. The molecule has 0 aliphatic carbocycles. The van der Waals surface area contributed by atoms with Crippen LogP contribution < -0.4 is 5.73 Å². The fraction of sp³-hybridized carbons (Fsp3) is 0.500. The molecule has 0 saturated carbocycles. The maximum absolute atomic E-state index is 6.12. The lowest BCUT2D eigenvalue weighted by Gasteiger charge is -2.29. The van der Waals surface area contributed by atoms with Crippen LogP contribution >= 0.6 is 11.3 Å². The molecular formula is C16H23N3S. The van der Waals surface area contributed by atoms with Crippen LogP contribution in [0.2, 0.25) is 0 Å². The molecule has 2 N–H and O–H groups in total. The highest BCUT2D eigenvalue weighted by atomic mass is 32.1. The topological polar surface area (TPSA) is 32.5 Å². The van der Waals surface area contributed by atoms with Crippen molar-refractivity contribution < 1.29 is 0 Å². The molecule has 2 heterocycles. The average Bonchev–Trinajstić information content (AvgIpc) is 2.77. The normalized spacial score (nSPS) is 20.1. The Morgan fingerprint density at radius 3 is 2.90 bits per heavy atom. The molecule has 1 aliphatic rings. The highest BCUT2D eigenvalue weighted by Crippen LogP contribution is 2.33. The van der Waals surface area contributed by atoms with E-state index in [4.69, 9.17) is 5.73 Å². The van der Waals surface area contributed by atoms with Gasteiger partial charge in [-0.25, -0.2) is 0 Å². The highest BCUT2D eigenvalue weighted by molar-refractivity contribution is 7.17. The largest absolute Gasteiger partial charge is 0.329 e. The van der Waals surface area contributed by atoms with Crippen LogP contribution in [-0.2, 0) is 0 Å². The van der Waals surface area contributed by atoms with Crippen molar-refractivity contribution in [2.75, 3.05) is 39.8 Å². The van der Waals surface area contributed by atoms with Crippen molar-refractivity contribution in [3.05, 3.63) is 35.2 Å². The first-order valence-corrected chi connectivity index (χ1v) is 8.26. The zero-order valence-corrected chi connectivity index (χ0v) is 12.9. The van der Waals surface area contributed by atoms with Gasteiger partial charge in [-0.05, 0) is 42.4 Å². The average molecular weight is 289 g/mol. The Morgan fingerprint density at radius 1 is 1.20 bits per heavy atom. The van der Waals surface area contributed by atoms with Gasteiger partial charge in [-0.3, -0.25) is 4.90 Å². The number of hydrogen-bond acceptors (Lipinski definition) is 4. The Morgan fingerprint density at radius 2 is 2.05 bits per heavy atom. The summed E-state index contributed by atoms with van der Waals surface area (Å²) in [6, 6.07) is 9.03. The van der Waals surface area contributed by atoms with Gasteiger partial charge in [-0.2, -0.15) is 0 Å². The van der Waals surface area contributed by atoms with Gasteiger partial charge in [0.15, 0.2) is 0 Å². The summed E-state index contributed by atoms with van der Waals surface area (Å²) in [5.74, 6) is 0. The van der Waals surface area contributed by atoms with Crippen molar-refractivity contribution in [2.24, 2.45) is 5.73 Å². The van der Waals surface area contributed by atoms with E-state index in [0.717, 1.165) is 19.6 Å². The molecule has 1 atom stereocenters. The Kier molecular flexibility index (Phi) is 4.36. The molecule has 0 radical (unpaired) electrons. The van der Waals surface area contributed by atoms with Gasteiger partial charge in [-0.15, -0.1) is 11.3 Å².